The average Bonchev–Trinajstić information content (AvgIpc) is 2.63. The monoisotopic (exact) mass is 446 g/mol. The summed E-state index contributed by atoms with van der Waals surface area (Å²) in [4.78, 5) is 26.5. The fraction of sp³-hybridized carbons (Fsp3) is 0.105. The van der Waals surface area contributed by atoms with Crippen molar-refractivity contribution in [3.05, 3.63) is 58.1 Å². The number of hydrogen-bond acceptors (Lipinski definition) is 5. The lowest BCUT2D eigenvalue weighted by Gasteiger charge is -2.28. The van der Waals surface area contributed by atoms with E-state index in [9.17, 15) is 14.7 Å². The first-order valence-electron chi connectivity index (χ1n) is 8.04. The van der Waals surface area contributed by atoms with Crippen molar-refractivity contribution in [2.45, 2.75) is 6.92 Å². The maximum Gasteiger partial charge on any atom is 0.270 e. The normalized spacial score (nSPS) is 15.9. The summed E-state index contributed by atoms with van der Waals surface area (Å²) in [5, 5.41) is 12.6. The topological polar surface area (TPSA) is 78.9 Å². The van der Waals surface area contributed by atoms with Crippen molar-refractivity contribution in [1.82, 2.24) is 5.32 Å². The Hall–Kier alpha value is -2.71. The Morgan fingerprint density at radius 1 is 1.26 bits per heavy atom. The second-order valence-electron chi connectivity index (χ2n) is 5.58. The second-order valence-corrected chi connectivity index (χ2v) is 6.82. The highest BCUT2D eigenvalue weighted by Gasteiger charge is 2.34. The largest absolute Gasteiger partial charge is 0.503 e. The number of amides is 2. The second kappa shape index (κ2) is 7.89. The number of nitrogens with one attached hydrogen (secondary N) is 1. The van der Waals surface area contributed by atoms with Crippen LogP contribution in [0.5, 0.6) is 11.5 Å². The molecule has 27 heavy (non-hydrogen) atoms. The van der Waals surface area contributed by atoms with E-state index >= 15 is 0 Å². The highest BCUT2D eigenvalue weighted by molar-refractivity contribution is 9.10. The third kappa shape index (κ3) is 3.86. The fourth-order valence-corrected chi connectivity index (χ4v) is 3.32. The molecule has 0 aromatic heterocycles. The number of anilines is 1. The number of benzene rings is 2. The van der Waals surface area contributed by atoms with Gasteiger partial charge in [0, 0.05) is 0 Å². The summed E-state index contributed by atoms with van der Waals surface area (Å²) in [6, 6.07) is 12.0. The van der Waals surface area contributed by atoms with E-state index in [1.807, 2.05) is 6.07 Å². The number of phenols is 1. The van der Waals surface area contributed by atoms with E-state index in [1.54, 1.807) is 43.3 Å². The van der Waals surface area contributed by atoms with Gasteiger partial charge in [-0.15, -0.1) is 0 Å². The van der Waals surface area contributed by atoms with E-state index in [2.05, 4.69) is 21.2 Å². The number of para-hydroxylation sites is 1. The number of ether oxygens (including phenoxy) is 1. The maximum atomic E-state index is 12.9. The quantitative estimate of drug-likeness (QED) is 0.427. The molecule has 0 unspecified atom stereocenters. The fourth-order valence-electron chi connectivity index (χ4n) is 2.58. The Balaban J connectivity index is 2.03. The number of hydrogen-bond donors (Lipinski definition) is 2. The predicted molar refractivity (Wildman–Crippen MR) is 110 cm³/mol. The zero-order chi connectivity index (χ0) is 19.6. The molecule has 1 fully saturated rings. The number of halogens is 1. The number of carbonyl (C=O) groups excluding carboxylic acids is 2. The molecule has 0 bridgehead atoms. The lowest BCUT2D eigenvalue weighted by molar-refractivity contribution is -0.122. The lowest BCUT2D eigenvalue weighted by atomic mass is 10.1. The number of thiocarbonyl (C=S) groups is 1. The third-order valence-corrected chi connectivity index (χ3v) is 4.67. The minimum absolute atomic E-state index is 0.0234. The van der Waals surface area contributed by atoms with Crippen molar-refractivity contribution >= 4 is 56.8 Å². The van der Waals surface area contributed by atoms with Gasteiger partial charge in [0.2, 0.25) is 0 Å². The summed E-state index contributed by atoms with van der Waals surface area (Å²) in [5.74, 6) is -0.917. The van der Waals surface area contributed by atoms with E-state index in [4.69, 9.17) is 17.0 Å². The Labute approximate surface area is 169 Å². The first-order valence-corrected chi connectivity index (χ1v) is 9.24. The Morgan fingerprint density at radius 2 is 1.96 bits per heavy atom. The molecule has 6 nitrogen and oxygen atoms in total. The zero-order valence-electron chi connectivity index (χ0n) is 14.2. The van der Waals surface area contributed by atoms with Crippen LogP contribution in [0.4, 0.5) is 5.69 Å². The summed E-state index contributed by atoms with van der Waals surface area (Å²) >= 11 is 8.40. The molecule has 2 N–H and O–H groups in total. The molecule has 1 heterocycles. The Bertz CT molecular complexity index is 960. The van der Waals surface area contributed by atoms with Gasteiger partial charge >= 0.3 is 0 Å². The maximum absolute atomic E-state index is 12.9. The van der Waals surface area contributed by atoms with Gasteiger partial charge in [-0.1, -0.05) is 18.2 Å². The molecule has 0 atom stereocenters. The first kappa shape index (κ1) is 19.1. The van der Waals surface area contributed by atoms with Gasteiger partial charge in [-0.2, -0.15) is 0 Å². The molecule has 0 radical (unpaired) electrons. The summed E-state index contributed by atoms with van der Waals surface area (Å²) in [6.45, 7) is 2.14. The minimum Gasteiger partial charge on any atom is -0.503 e. The summed E-state index contributed by atoms with van der Waals surface area (Å²) in [7, 11) is 0. The molecule has 138 valence electrons. The van der Waals surface area contributed by atoms with Crippen LogP contribution >= 0.6 is 28.1 Å². The number of carbonyl (C=O) groups is 2. The van der Waals surface area contributed by atoms with Gasteiger partial charge in [0.1, 0.15) is 5.57 Å². The van der Waals surface area contributed by atoms with Crippen LogP contribution < -0.4 is 15.0 Å². The summed E-state index contributed by atoms with van der Waals surface area (Å²) in [6.07, 6.45) is 1.43. The van der Waals surface area contributed by atoms with Crippen molar-refractivity contribution in [3.8, 4) is 11.5 Å². The smallest absolute Gasteiger partial charge is 0.270 e. The molecule has 8 heteroatoms. The number of phenolic OH excluding ortho intramolecular Hbond substituents is 1. The third-order valence-electron chi connectivity index (χ3n) is 3.78. The van der Waals surface area contributed by atoms with E-state index in [0.29, 0.717) is 22.3 Å². The van der Waals surface area contributed by atoms with Gasteiger partial charge in [0.15, 0.2) is 16.6 Å². The van der Waals surface area contributed by atoms with Gasteiger partial charge in [-0.3, -0.25) is 19.8 Å². The van der Waals surface area contributed by atoms with E-state index in [1.165, 1.54) is 11.0 Å². The van der Waals surface area contributed by atoms with Gasteiger partial charge < -0.3 is 9.84 Å². The molecule has 2 aromatic rings. The van der Waals surface area contributed by atoms with Crippen LogP contribution in [0.1, 0.15) is 12.5 Å². The van der Waals surface area contributed by atoms with E-state index in [0.717, 1.165) is 0 Å². The van der Waals surface area contributed by atoms with Crippen molar-refractivity contribution in [2.24, 2.45) is 0 Å². The van der Waals surface area contributed by atoms with Gasteiger partial charge in [0.25, 0.3) is 11.8 Å². The van der Waals surface area contributed by atoms with Crippen LogP contribution in [0.2, 0.25) is 0 Å². The molecule has 0 aliphatic carbocycles. The van der Waals surface area contributed by atoms with Crippen LogP contribution in [0.25, 0.3) is 6.08 Å². The number of rotatable bonds is 4. The highest BCUT2D eigenvalue weighted by atomic mass is 79.9. The number of aromatic hydroxyl groups is 1. The molecule has 1 saturated heterocycles. The molecule has 2 aromatic carbocycles. The molecule has 3 rings (SSSR count). The molecule has 2 amide bonds. The SMILES string of the molecule is CCOc1cc(/C=C2/C(=O)NC(=S)N(c3ccccc3)C2=O)cc(Br)c1O. The van der Waals surface area contributed by atoms with Gasteiger partial charge in [-0.25, -0.2) is 0 Å². The minimum atomic E-state index is -0.584. The Morgan fingerprint density at radius 3 is 2.63 bits per heavy atom. The van der Waals surface area contributed by atoms with Gasteiger partial charge in [0.05, 0.1) is 16.8 Å². The van der Waals surface area contributed by atoms with E-state index in [-0.39, 0.29) is 22.2 Å². The predicted octanol–water partition coefficient (Wildman–Crippen LogP) is 3.38. The summed E-state index contributed by atoms with van der Waals surface area (Å²) < 4.78 is 5.77. The van der Waals surface area contributed by atoms with Crippen molar-refractivity contribution in [1.29, 1.82) is 0 Å². The molecule has 0 spiro atoms. The molecular weight excluding hydrogens is 432 g/mol. The molecular formula is C19H15BrN2O4S. The first-order chi connectivity index (χ1) is 12.9. The van der Waals surface area contributed by atoms with Crippen LogP contribution in [0.15, 0.2) is 52.5 Å². The zero-order valence-corrected chi connectivity index (χ0v) is 16.6. The average molecular weight is 447 g/mol. The van der Waals surface area contributed by atoms with Crippen molar-refractivity contribution in [3.63, 3.8) is 0 Å². The van der Waals surface area contributed by atoms with Crippen molar-refractivity contribution in [2.75, 3.05) is 11.5 Å². The highest BCUT2D eigenvalue weighted by Crippen LogP contribution is 2.36. The molecule has 1 aliphatic rings. The molecule has 1 aliphatic heterocycles. The van der Waals surface area contributed by atoms with Crippen LogP contribution in [0.3, 0.4) is 0 Å². The van der Waals surface area contributed by atoms with Crippen molar-refractivity contribution < 1.29 is 19.4 Å². The van der Waals surface area contributed by atoms with Gasteiger partial charge in [-0.05, 0) is 71.0 Å². The summed E-state index contributed by atoms with van der Waals surface area (Å²) in [5.41, 5.74) is 0.996. The lowest BCUT2D eigenvalue weighted by Crippen LogP contribution is -2.54. The van der Waals surface area contributed by atoms with Crippen LogP contribution in [0, 0.1) is 0 Å². The Kier molecular flexibility index (Phi) is 5.57. The van der Waals surface area contributed by atoms with E-state index < -0.39 is 11.8 Å². The van der Waals surface area contributed by atoms with Crippen LogP contribution in [-0.4, -0.2) is 28.6 Å². The molecule has 0 saturated carbocycles. The van der Waals surface area contributed by atoms with Crippen LogP contribution in [-0.2, 0) is 9.59 Å². The number of nitrogens with zero attached hydrogens (tertiary/aromatic N) is 1. The standard InChI is InChI=1S/C19H15BrN2O4S/c1-2-26-15-10-11(9-14(20)16(15)23)8-13-17(24)21-19(27)22(18(13)25)12-6-4-3-5-7-12/h3-10,23H,2H2,1H3,(H,21,24,27)/b13-8-.